The highest BCUT2D eigenvalue weighted by atomic mass is 16.7. The third-order valence-corrected chi connectivity index (χ3v) is 13.0. The Balaban J connectivity index is 1.65. The van der Waals surface area contributed by atoms with Crippen molar-refractivity contribution in [3.63, 3.8) is 0 Å². The molecule has 3 aliphatic rings. The predicted octanol–water partition coefficient (Wildman–Crippen LogP) is 3.20. The van der Waals surface area contributed by atoms with Gasteiger partial charge >= 0.3 is 18.2 Å². The van der Waals surface area contributed by atoms with Crippen molar-refractivity contribution >= 4 is 18.2 Å². The van der Waals surface area contributed by atoms with Gasteiger partial charge in [0.1, 0.15) is 31.0 Å². The number of alkyl carbamates (subject to hydrolysis) is 2. The Morgan fingerprint density at radius 3 is 2.19 bits per heavy atom. The zero-order valence-corrected chi connectivity index (χ0v) is 42.6. The molecule has 0 aliphatic carbocycles. The number of aliphatic hydroxyl groups is 8. The highest BCUT2D eigenvalue weighted by molar-refractivity contribution is 5.71. The van der Waals surface area contributed by atoms with Crippen LogP contribution >= 0.6 is 0 Å². The number of nitrogens with one attached hydrogen (secondary N) is 2. The largest absolute Gasteiger partial charge is 0.462 e. The molecular formula is C52H82N2O18. The second-order valence-electron chi connectivity index (χ2n) is 18.8. The zero-order chi connectivity index (χ0) is 53.5. The van der Waals surface area contributed by atoms with Crippen molar-refractivity contribution in [1.82, 2.24) is 10.6 Å². The first-order valence-electron chi connectivity index (χ1n) is 24.8. The molecule has 0 aromatic rings. The van der Waals surface area contributed by atoms with Gasteiger partial charge in [-0.05, 0) is 47.0 Å². The molecule has 3 rings (SSSR count). The van der Waals surface area contributed by atoms with Crippen LogP contribution in [0.2, 0.25) is 0 Å². The number of amides is 2. The van der Waals surface area contributed by atoms with Crippen molar-refractivity contribution in [1.29, 1.82) is 0 Å². The molecule has 3 saturated heterocycles. The Morgan fingerprint density at radius 1 is 0.875 bits per heavy atom. The first kappa shape index (κ1) is 62.0. The molecule has 20 heteroatoms. The summed E-state index contributed by atoms with van der Waals surface area (Å²) in [6.07, 6.45) is 3.81. The van der Waals surface area contributed by atoms with Crippen LogP contribution in [0.3, 0.4) is 0 Å². The molecular weight excluding hydrogens is 941 g/mol. The average molecular weight is 1020 g/mol. The molecule has 3 fully saturated rings. The highest BCUT2D eigenvalue weighted by Crippen LogP contribution is 2.40. The quantitative estimate of drug-likeness (QED) is 0.0214. The van der Waals surface area contributed by atoms with Crippen molar-refractivity contribution in [3.8, 4) is 0 Å². The van der Waals surface area contributed by atoms with E-state index in [1.165, 1.54) is 13.2 Å². The molecule has 0 bridgehead atoms. The number of methoxy groups -OCH3 is 1. The molecule has 0 unspecified atom stereocenters. The van der Waals surface area contributed by atoms with Crippen LogP contribution in [0.4, 0.5) is 9.59 Å². The second-order valence-corrected chi connectivity index (χ2v) is 18.8. The van der Waals surface area contributed by atoms with Crippen LogP contribution in [0, 0.1) is 11.8 Å². The van der Waals surface area contributed by atoms with Crippen molar-refractivity contribution in [3.05, 3.63) is 85.6 Å². The third-order valence-electron chi connectivity index (χ3n) is 13.0. The maximum atomic E-state index is 12.7. The van der Waals surface area contributed by atoms with Crippen molar-refractivity contribution in [2.75, 3.05) is 13.7 Å². The molecule has 408 valence electrons. The molecule has 19 atom stereocenters. The number of fused-ring (bicyclic) bond motifs is 1. The molecule has 2 amide bonds. The molecule has 20 nitrogen and oxygen atoms in total. The van der Waals surface area contributed by atoms with Gasteiger partial charge in [-0.3, -0.25) is 4.79 Å². The number of hydrogen-bond donors (Lipinski definition) is 10. The van der Waals surface area contributed by atoms with Gasteiger partial charge < -0.3 is 84.6 Å². The maximum Gasteiger partial charge on any atom is 0.407 e. The Hall–Kier alpha value is -4.29. The molecule has 72 heavy (non-hydrogen) atoms. The summed E-state index contributed by atoms with van der Waals surface area (Å²) >= 11 is 0. The molecule has 0 spiro atoms. The Kier molecular flexibility index (Phi) is 27.1. The van der Waals surface area contributed by atoms with E-state index in [0.717, 1.165) is 0 Å². The van der Waals surface area contributed by atoms with Crippen LogP contribution in [0.15, 0.2) is 85.6 Å². The van der Waals surface area contributed by atoms with Crippen molar-refractivity contribution < 1.29 is 88.4 Å². The van der Waals surface area contributed by atoms with Gasteiger partial charge in [0, 0.05) is 44.6 Å². The van der Waals surface area contributed by atoms with Gasteiger partial charge in [0.2, 0.25) is 0 Å². The predicted molar refractivity (Wildman–Crippen MR) is 265 cm³/mol. The molecule has 0 radical (unpaired) electrons. The zero-order valence-electron chi connectivity index (χ0n) is 42.6. The minimum atomic E-state index is -1.60. The molecule has 0 saturated carbocycles. The third kappa shape index (κ3) is 20.2. The fourth-order valence-corrected chi connectivity index (χ4v) is 8.71. The van der Waals surface area contributed by atoms with Gasteiger partial charge in [0.15, 0.2) is 12.1 Å². The lowest BCUT2D eigenvalue weighted by Gasteiger charge is -2.46. The number of hydrogen-bond acceptors (Lipinski definition) is 18. The van der Waals surface area contributed by atoms with Gasteiger partial charge in [-0.1, -0.05) is 99.4 Å². The topological polar surface area (TPSA) is 302 Å². The molecule has 3 heterocycles. The number of esters is 1. The SMILES string of the molecule is C=CCOC(=O)N[C@@H]1[C@H](O)[C@H](O[C@@H](/C=C/C=C/C=C/C=C/C)C[C@@H]2O[C@@](C[C@@H](O)C[C@@H](O)[C@H](O)CC[C@@H](O)C[C@@H](O)CC(=O)O[C@@H](C)[C@H](C)[C@H](O)[C@@H](C)/C=C/C=C/C)(OC)C[C@@H]3OC(=O)N[C@H]32)O[C@H](C)[C@H]1O. The molecule has 10 N–H and O–H groups in total. The van der Waals surface area contributed by atoms with E-state index in [9.17, 15) is 55.2 Å². The number of rotatable bonds is 30. The number of allylic oxidation sites excluding steroid dienone is 10. The summed E-state index contributed by atoms with van der Waals surface area (Å²) in [7, 11) is 1.35. The van der Waals surface area contributed by atoms with Crippen LogP contribution in [0.1, 0.15) is 92.9 Å². The summed E-state index contributed by atoms with van der Waals surface area (Å²) in [6.45, 7) is 14.0. The maximum absolute atomic E-state index is 12.7. The summed E-state index contributed by atoms with van der Waals surface area (Å²) in [4.78, 5) is 37.7. The fraction of sp³-hybridized carbons (Fsp3) is 0.673. The van der Waals surface area contributed by atoms with Gasteiger partial charge in [0.25, 0.3) is 0 Å². The van der Waals surface area contributed by atoms with E-state index in [1.807, 2.05) is 63.3 Å². The first-order valence-corrected chi connectivity index (χ1v) is 24.8. The number of aliphatic hydroxyl groups excluding tert-OH is 8. The van der Waals surface area contributed by atoms with Crippen LogP contribution in [0.5, 0.6) is 0 Å². The van der Waals surface area contributed by atoms with E-state index in [-0.39, 0.29) is 57.5 Å². The van der Waals surface area contributed by atoms with Crippen LogP contribution in [-0.4, -0.2) is 176 Å². The van der Waals surface area contributed by atoms with Crippen LogP contribution in [0.25, 0.3) is 0 Å². The second kappa shape index (κ2) is 31.4. The average Bonchev–Trinajstić information content (AvgIpc) is 3.71. The standard InChI is InChI=1S/C52H82N2O18/c1-9-12-14-15-16-17-19-21-38(70-49-48(63)45(47(62)34(7)69-49)54-50(64)67-24-11-3)28-41-44-42(71-51(65)53-44)30-52(66-8,72-41)29-37(57)26-40(59)39(58)23-22-35(55)25-36(56)27-43(60)68-33(6)32(5)46(61)31(4)20-18-13-10-2/h9-21,31-42,44-49,55-59,61-63H,3,22-30H2,1-2,4-8H3,(H,53,65)(H,54,64)/b12-9+,13-10+,15-14+,17-16+,20-18+,21-19+/t31-,32-,33-,34+,35+,36+,37-,38-,39+,40+,41-,42-,44-,45-,46+,47+,48-,49-,52+/m0/s1. The van der Waals surface area contributed by atoms with E-state index in [4.69, 9.17) is 33.2 Å². The molecule has 3 aliphatic heterocycles. The van der Waals surface area contributed by atoms with E-state index in [2.05, 4.69) is 17.2 Å². The van der Waals surface area contributed by atoms with Gasteiger partial charge in [-0.25, -0.2) is 9.59 Å². The summed E-state index contributed by atoms with van der Waals surface area (Å²) in [5, 5.41) is 92.5. The summed E-state index contributed by atoms with van der Waals surface area (Å²) in [6, 6.07) is -1.99. The Bertz CT molecular complexity index is 1840. The first-order chi connectivity index (χ1) is 34.2. The highest BCUT2D eigenvalue weighted by Gasteiger charge is 2.54. The number of carbonyl (C=O) groups excluding carboxylic acids is 3. The van der Waals surface area contributed by atoms with Gasteiger partial charge in [0.05, 0.1) is 73.4 Å². The van der Waals surface area contributed by atoms with Crippen molar-refractivity contribution in [2.24, 2.45) is 11.8 Å². The lowest BCUT2D eigenvalue weighted by Crippen LogP contribution is -2.64. The number of carbonyl (C=O) groups is 3. The smallest absolute Gasteiger partial charge is 0.407 e. The summed E-state index contributed by atoms with van der Waals surface area (Å²) in [5.74, 6) is -2.91. The normalized spacial score (nSPS) is 30.1. The monoisotopic (exact) mass is 1020 g/mol. The number of ether oxygens (including phenoxy) is 7. The lowest BCUT2D eigenvalue weighted by molar-refractivity contribution is -0.307. The Labute approximate surface area is 423 Å². The molecule has 0 aromatic heterocycles. The molecule has 0 aromatic carbocycles. The van der Waals surface area contributed by atoms with E-state index in [0.29, 0.717) is 0 Å². The van der Waals surface area contributed by atoms with Gasteiger partial charge in [-0.15, -0.1) is 0 Å². The fourth-order valence-electron chi connectivity index (χ4n) is 8.71. The Morgan fingerprint density at radius 2 is 1.53 bits per heavy atom. The summed E-state index contributed by atoms with van der Waals surface area (Å²) < 4.78 is 40.8. The van der Waals surface area contributed by atoms with Crippen molar-refractivity contribution in [2.45, 2.75) is 196 Å². The minimum Gasteiger partial charge on any atom is -0.462 e. The van der Waals surface area contributed by atoms with E-state index in [1.54, 1.807) is 51.2 Å². The lowest BCUT2D eigenvalue weighted by atomic mass is 9.87. The summed E-state index contributed by atoms with van der Waals surface area (Å²) in [5.41, 5.74) is 0. The van der Waals surface area contributed by atoms with Crippen LogP contribution < -0.4 is 10.6 Å². The van der Waals surface area contributed by atoms with E-state index < -0.39 is 134 Å². The van der Waals surface area contributed by atoms with Gasteiger partial charge in [-0.2, -0.15) is 0 Å². The minimum absolute atomic E-state index is 0.0231. The van der Waals surface area contributed by atoms with Crippen LogP contribution in [-0.2, 0) is 38.0 Å². The van der Waals surface area contributed by atoms with E-state index >= 15 is 0 Å².